The molecule has 0 radical (unpaired) electrons. The molecule has 0 bridgehead atoms. The Labute approximate surface area is 214 Å². The normalized spacial score (nSPS) is 12.2. The molecule has 0 saturated heterocycles. The minimum Gasteiger partial charge on any atom is -0.483 e. The molecule has 0 unspecified atom stereocenters. The molecule has 7 heteroatoms. The second-order valence-corrected chi connectivity index (χ2v) is 10.9. The average Bonchev–Trinajstić information content (AvgIpc) is 2.75. The minimum absolute atomic E-state index is 0.0121. The SMILES string of the molecule is CCCCNC(=O)[C@@H](C)N(Cc1cccc(Br)c1)C(=O)COc1ccc(C(C)(C)C)cc1Br. The molecule has 0 aliphatic rings. The van der Waals surface area contributed by atoms with Crippen molar-refractivity contribution in [2.45, 2.75) is 65.5 Å². The van der Waals surface area contributed by atoms with E-state index in [1.807, 2.05) is 42.5 Å². The molecule has 0 aliphatic heterocycles. The summed E-state index contributed by atoms with van der Waals surface area (Å²) in [5.41, 5.74) is 2.11. The van der Waals surface area contributed by atoms with E-state index < -0.39 is 6.04 Å². The van der Waals surface area contributed by atoms with Crippen molar-refractivity contribution >= 4 is 43.7 Å². The van der Waals surface area contributed by atoms with E-state index in [0.29, 0.717) is 18.8 Å². The number of hydrogen-bond acceptors (Lipinski definition) is 3. The number of halogens is 2. The van der Waals surface area contributed by atoms with E-state index in [1.54, 1.807) is 11.8 Å². The summed E-state index contributed by atoms with van der Waals surface area (Å²) in [6.45, 7) is 11.0. The predicted molar refractivity (Wildman–Crippen MR) is 140 cm³/mol. The summed E-state index contributed by atoms with van der Waals surface area (Å²) in [6.07, 6.45) is 1.89. The van der Waals surface area contributed by atoms with Crippen LogP contribution in [0.3, 0.4) is 0 Å². The number of unbranched alkanes of at least 4 members (excludes halogenated alkanes) is 1. The molecule has 0 heterocycles. The first kappa shape index (κ1) is 27.4. The van der Waals surface area contributed by atoms with Gasteiger partial charge in [0.1, 0.15) is 11.8 Å². The highest BCUT2D eigenvalue weighted by Gasteiger charge is 2.26. The van der Waals surface area contributed by atoms with Crippen LogP contribution < -0.4 is 10.1 Å². The molecule has 2 amide bonds. The fraction of sp³-hybridized carbons (Fsp3) is 0.462. The Balaban J connectivity index is 2.16. The highest BCUT2D eigenvalue weighted by atomic mass is 79.9. The van der Waals surface area contributed by atoms with E-state index in [9.17, 15) is 9.59 Å². The topological polar surface area (TPSA) is 58.6 Å². The molecule has 5 nitrogen and oxygen atoms in total. The van der Waals surface area contributed by atoms with E-state index in [4.69, 9.17) is 4.74 Å². The molecular formula is C26H34Br2N2O3. The van der Waals surface area contributed by atoms with Gasteiger partial charge in [0, 0.05) is 17.6 Å². The molecule has 0 aliphatic carbocycles. The van der Waals surface area contributed by atoms with Gasteiger partial charge in [-0.15, -0.1) is 0 Å². The number of carbonyl (C=O) groups is 2. The van der Waals surface area contributed by atoms with Crippen molar-refractivity contribution < 1.29 is 14.3 Å². The van der Waals surface area contributed by atoms with Crippen LogP contribution in [0.5, 0.6) is 5.75 Å². The van der Waals surface area contributed by atoms with Gasteiger partial charge in [0.15, 0.2) is 6.61 Å². The Morgan fingerprint density at radius 3 is 2.45 bits per heavy atom. The Morgan fingerprint density at radius 1 is 1.12 bits per heavy atom. The Morgan fingerprint density at radius 2 is 1.85 bits per heavy atom. The summed E-state index contributed by atoms with van der Waals surface area (Å²) in [5, 5.41) is 2.93. The van der Waals surface area contributed by atoms with Crippen molar-refractivity contribution in [2.24, 2.45) is 0 Å². The van der Waals surface area contributed by atoms with Crippen molar-refractivity contribution in [2.75, 3.05) is 13.2 Å². The first-order valence-corrected chi connectivity index (χ1v) is 12.9. The molecule has 0 aromatic heterocycles. The molecule has 33 heavy (non-hydrogen) atoms. The second-order valence-electron chi connectivity index (χ2n) is 9.16. The molecule has 1 N–H and O–H groups in total. The molecule has 2 aromatic carbocycles. The number of carbonyl (C=O) groups excluding carboxylic acids is 2. The van der Waals surface area contributed by atoms with E-state index >= 15 is 0 Å². The maximum absolute atomic E-state index is 13.2. The molecule has 1 atom stereocenters. The number of amides is 2. The molecular weight excluding hydrogens is 548 g/mol. The summed E-state index contributed by atoms with van der Waals surface area (Å²) in [5.74, 6) is 0.182. The molecule has 2 rings (SSSR count). The number of nitrogens with zero attached hydrogens (tertiary/aromatic N) is 1. The zero-order valence-electron chi connectivity index (χ0n) is 20.1. The van der Waals surface area contributed by atoms with Crippen molar-refractivity contribution in [1.82, 2.24) is 10.2 Å². The van der Waals surface area contributed by atoms with Gasteiger partial charge in [0.25, 0.3) is 5.91 Å². The Bertz CT molecular complexity index is 957. The number of ether oxygens (including phenoxy) is 1. The van der Waals surface area contributed by atoms with Crippen LogP contribution in [-0.2, 0) is 21.5 Å². The number of benzene rings is 2. The molecule has 0 saturated carbocycles. The molecule has 2 aromatic rings. The number of hydrogen-bond donors (Lipinski definition) is 1. The third-order valence-corrected chi connectivity index (χ3v) is 6.50. The summed E-state index contributed by atoms with van der Waals surface area (Å²) < 4.78 is 7.58. The molecule has 0 spiro atoms. The second kappa shape index (κ2) is 12.6. The third-order valence-electron chi connectivity index (χ3n) is 5.39. The molecule has 0 fully saturated rings. The maximum atomic E-state index is 13.2. The van der Waals surface area contributed by atoms with Gasteiger partial charge in [-0.2, -0.15) is 0 Å². The van der Waals surface area contributed by atoms with E-state index in [0.717, 1.165) is 27.4 Å². The van der Waals surface area contributed by atoms with Gasteiger partial charge in [-0.25, -0.2) is 0 Å². The summed E-state index contributed by atoms with van der Waals surface area (Å²) in [4.78, 5) is 27.5. The van der Waals surface area contributed by atoms with Crippen molar-refractivity contribution in [3.05, 3.63) is 62.5 Å². The lowest BCUT2D eigenvalue weighted by Gasteiger charge is -2.29. The van der Waals surface area contributed by atoms with Gasteiger partial charge in [-0.05, 0) is 70.1 Å². The monoisotopic (exact) mass is 580 g/mol. The van der Waals surface area contributed by atoms with Crippen molar-refractivity contribution in [3.63, 3.8) is 0 Å². The number of nitrogens with one attached hydrogen (secondary N) is 1. The summed E-state index contributed by atoms with van der Waals surface area (Å²) in [6, 6.07) is 13.0. The van der Waals surface area contributed by atoms with E-state index in [1.165, 1.54) is 5.56 Å². The Kier molecular flexibility index (Phi) is 10.4. The van der Waals surface area contributed by atoms with Crippen LogP contribution in [0.4, 0.5) is 0 Å². The van der Waals surface area contributed by atoms with E-state index in [-0.39, 0.29) is 23.8 Å². The van der Waals surface area contributed by atoms with Crippen LogP contribution >= 0.6 is 31.9 Å². The van der Waals surface area contributed by atoms with Crippen molar-refractivity contribution in [3.8, 4) is 5.75 Å². The van der Waals surface area contributed by atoms with Gasteiger partial charge in [0.2, 0.25) is 5.91 Å². The zero-order chi connectivity index (χ0) is 24.6. The predicted octanol–water partition coefficient (Wildman–Crippen LogP) is 6.22. The van der Waals surface area contributed by atoms with Gasteiger partial charge in [-0.1, -0.05) is 68.2 Å². The Hall–Kier alpha value is -1.86. The van der Waals surface area contributed by atoms with Crippen LogP contribution in [0.25, 0.3) is 0 Å². The van der Waals surface area contributed by atoms with Crippen LogP contribution in [0.1, 0.15) is 58.6 Å². The van der Waals surface area contributed by atoms with Crippen LogP contribution in [-0.4, -0.2) is 35.9 Å². The van der Waals surface area contributed by atoms with Gasteiger partial charge in [-0.3, -0.25) is 9.59 Å². The summed E-state index contributed by atoms with van der Waals surface area (Å²) in [7, 11) is 0. The zero-order valence-corrected chi connectivity index (χ0v) is 23.3. The number of rotatable bonds is 10. The largest absolute Gasteiger partial charge is 0.483 e. The maximum Gasteiger partial charge on any atom is 0.261 e. The highest BCUT2D eigenvalue weighted by molar-refractivity contribution is 9.10. The molecule has 180 valence electrons. The smallest absolute Gasteiger partial charge is 0.261 e. The fourth-order valence-corrected chi connectivity index (χ4v) is 4.20. The summed E-state index contributed by atoms with van der Waals surface area (Å²) >= 11 is 7.03. The first-order chi connectivity index (χ1) is 15.5. The van der Waals surface area contributed by atoms with Crippen LogP contribution in [0, 0.1) is 0 Å². The first-order valence-electron chi connectivity index (χ1n) is 11.3. The van der Waals surface area contributed by atoms with Crippen LogP contribution in [0.15, 0.2) is 51.4 Å². The lowest BCUT2D eigenvalue weighted by Crippen LogP contribution is -2.49. The average molecular weight is 582 g/mol. The lowest BCUT2D eigenvalue weighted by molar-refractivity contribution is -0.142. The van der Waals surface area contributed by atoms with Gasteiger partial charge < -0.3 is 15.0 Å². The lowest BCUT2D eigenvalue weighted by atomic mass is 9.87. The third kappa shape index (κ3) is 8.45. The fourth-order valence-electron chi connectivity index (χ4n) is 3.26. The van der Waals surface area contributed by atoms with Crippen molar-refractivity contribution in [1.29, 1.82) is 0 Å². The quantitative estimate of drug-likeness (QED) is 0.339. The minimum atomic E-state index is -0.622. The standard InChI is InChI=1S/C26H34Br2N2O3/c1-6-7-13-29-25(32)18(2)30(16-19-9-8-10-21(27)14-19)24(31)17-33-23-12-11-20(15-22(23)28)26(3,4)5/h8-12,14-15,18H,6-7,13,16-17H2,1-5H3,(H,29,32)/t18-/m1/s1. The van der Waals surface area contributed by atoms with E-state index in [2.05, 4.69) is 64.9 Å². The van der Waals surface area contributed by atoms with Crippen LogP contribution in [0.2, 0.25) is 0 Å². The van der Waals surface area contributed by atoms with Gasteiger partial charge >= 0.3 is 0 Å². The highest BCUT2D eigenvalue weighted by Crippen LogP contribution is 2.31. The van der Waals surface area contributed by atoms with Gasteiger partial charge in [0.05, 0.1) is 4.47 Å².